The van der Waals surface area contributed by atoms with Gasteiger partial charge in [-0.1, -0.05) is 13.3 Å². The Balaban J connectivity index is 0.00000192. The molecule has 3 rings (SSSR count). The third-order valence-corrected chi connectivity index (χ3v) is 3.73. The van der Waals surface area contributed by atoms with Crippen LogP contribution in [0.5, 0.6) is 0 Å². The number of rotatable bonds is 3. The second-order valence-electron chi connectivity index (χ2n) is 5.29. The Morgan fingerprint density at radius 1 is 1.39 bits per heavy atom. The van der Waals surface area contributed by atoms with Crippen molar-refractivity contribution < 1.29 is 13.9 Å². The van der Waals surface area contributed by atoms with Gasteiger partial charge in [-0.3, -0.25) is 0 Å². The van der Waals surface area contributed by atoms with Crippen molar-refractivity contribution in [2.45, 2.75) is 32.7 Å². The molecular weight excluding hydrogens is 366 g/mol. The van der Waals surface area contributed by atoms with Gasteiger partial charge in [-0.2, -0.15) is 9.97 Å². The van der Waals surface area contributed by atoms with E-state index in [1.807, 2.05) is 6.92 Å². The number of furan rings is 1. The summed E-state index contributed by atoms with van der Waals surface area (Å²) in [6.45, 7) is 3.38. The van der Waals surface area contributed by atoms with Crippen LogP contribution in [0.15, 0.2) is 4.42 Å². The number of nitrogens with zero attached hydrogens (tertiary/aromatic N) is 3. The zero-order valence-corrected chi connectivity index (χ0v) is 14.6. The summed E-state index contributed by atoms with van der Waals surface area (Å²) in [5, 5.41) is 0.697. The fourth-order valence-electron chi connectivity index (χ4n) is 2.59. The summed E-state index contributed by atoms with van der Waals surface area (Å²) >= 11 is 0. The van der Waals surface area contributed by atoms with E-state index in [1.54, 1.807) is 4.90 Å². The zero-order chi connectivity index (χ0) is 15.7. The molecule has 0 radical (unpaired) electrons. The van der Waals surface area contributed by atoms with Crippen LogP contribution in [-0.4, -0.2) is 34.1 Å². The number of carbonyl (C=O) groups is 1. The molecule has 2 aromatic heterocycles. The lowest BCUT2D eigenvalue weighted by Gasteiger charge is -2.25. The molecule has 1 aliphatic heterocycles. The number of aromatic nitrogens is 2. The molecule has 1 amide bonds. The van der Waals surface area contributed by atoms with Crippen molar-refractivity contribution in [3.05, 3.63) is 11.3 Å². The molecule has 126 valence electrons. The molecule has 0 unspecified atom stereocenters. The van der Waals surface area contributed by atoms with E-state index in [4.69, 9.17) is 20.6 Å². The number of anilines is 2. The number of nitrogens with two attached hydrogens (primary N) is 2. The molecule has 2 aromatic rings. The molecule has 0 spiro atoms. The first-order valence-electron chi connectivity index (χ1n) is 7.35. The van der Waals surface area contributed by atoms with Crippen LogP contribution in [0.25, 0.3) is 11.1 Å². The van der Waals surface area contributed by atoms with Crippen LogP contribution in [0.4, 0.5) is 16.6 Å². The summed E-state index contributed by atoms with van der Waals surface area (Å²) in [5.41, 5.74) is 12.8. The fraction of sp³-hybridized carbons (Fsp3) is 0.500. The Kier molecular flexibility index (Phi) is 5.30. The van der Waals surface area contributed by atoms with E-state index in [0.717, 1.165) is 18.4 Å². The summed E-state index contributed by atoms with van der Waals surface area (Å²) in [4.78, 5) is 21.6. The lowest BCUT2D eigenvalue weighted by molar-refractivity contribution is 0.0936. The minimum absolute atomic E-state index is 0. The Morgan fingerprint density at radius 3 is 2.91 bits per heavy atom. The van der Waals surface area contributed by atoms with E-state index in [1.165, 1.54) is 0 Å². The summed E-state index contributed by atoms with van der Waals surface area (Å²) in [6.07, 6.45) is 2.15. The van der Waals surface area contributed by atoms with Crippen molar-refractivity contribution in [1.29, 1.82) is 0 Å². The summed E-state index contributed by atoms with van der Waals surface area (Å²) < 4.78 is 10.9. The average molecular weight is 386 g/mol. The molecule has 8 nitrogen and oxygen atoms in total. The molecule has 23 heavy (non-hydrogen) atoms. The van der Waals surface area contributed by atoms with E-state index in [9.17, 15) is 4.79 Å². The smallest absolute Gasteiger partial charge is 0.410 e. The van der Waals surface area contributed by atoms with Crippen LogP contribution in [0.1, 0.15) is 31.1 Å². The third kappa shape index (κ3) is 3.34. The second kappa shape index (κ2) is 7.03. The van der Waals surface area contributed by atoms with Crippen molar-refractivity contribution in [2.24, 2.45) is 0 Å². The Bertz CT molecular complexity index is 718. The van der Waals surface area contributed by atoms with Gasteiger partial charge >= 0.3 is 6.09 Å². The quantitative estimate of drug-likeness (QED) is 0.776. The number of carbonyl (C=O) groups excluding carboxylic acids is 1. The minimum Gasteiger partial charge on any atom is -0.449 e. The molecule has 3 heterocycles. The summed E-state index contributed by atoms with van der Waals surface area (Å²) in [5.74, 6) is 1.05. The highest BCUT2D eigenvalue weighted by Crippen LogP contribution is 2.32. The lowest BCUT2D eigenvalue weighted by Crippen LogP contribution is -2.36. The largest absolute Gasteiger partial charge is 0.449 e. The summed E-state index contributed by atoms with van der Waals surface area (Å²) in [6, 6.07) is 0. The van der Waals surface area contributed by atoms with Gasteiger partial charge in [-0.25, -0.2) is 4.79 Å². The second-order valence-corrected chi connectivity index (χ2v) is 5.29. The molecule has 0 aliphatic carbocycles. The van der Waals surface area contributed by atoms with Crippen molar-refractivity contribution >= 4 is 45.9 Å². The van der Waals surface area contributed by atoms with E-state index in [-0.39, 0.29) is 29.0 Å². The Labute approximate surface area is 143 Å². The van der Waals surface area contributed by atoms with Gasteiger partial charge in [0.15, 0.2) is 0 Å². The van der Waals surface area contributed by atoms with Gasteiger partial charge < -0.3 is 25.5 Å². The highest BCUT2D eigenvalue weighted by molar-refractivity contribution is 8.93. The molecule has 0 atom stereocenters. The van der Waals surface area contributed by atoms with Gasteiger partial charge in [0, 0.05) is 12.1 Å². The molecular formula is C14H20BrN5O3. The maximum atomic E-state index is 12.0. The lowest BCUT2D eigenvalue weighted by atomic mass is 10.1. The monoisotopic (exact) mass is 385 g/mol. The molecule has 0 fully saturated rings. The molecule has 0 saturated heterocycles. The van der Waals surface area contributed by atoms with E-state index < -0.39 is 0 Å². The number of fused-ring (bicyclic) bond motifs is 3. The van der Waals surface area contributed by atoms with Crippen LogP contribution in [0.2, 0.25) is 0 Å². The predicted octanol–water partition coefficient (Wildman–Crippen LogP) is 2.26. The average Bonchev–Trinajstić information content (AvgIpc) is 2.84. The normalized spacial score (nSPS) is 13.5. The van der Waals surface area contributed by atoms with E-state index >= 15 is 0 Å². The maximum absolute atomic E-state index is 12.0. The topological polar surface area (TPSA) is 120 Å². The van der Waals surface area contributed by atoms with Gasteiger partial charge in [0.2, 0.25) is 11.7 Å². The maximum Gasteiger partial charge on any atom is 0.410 e. The number of hydrogen-bond donors (Lipinski definition) is 2. The molecule has 4 N–H and O–H groups in total. The van der Waals surface area contributed by atoms with Gasteiger partial charge in [0.25, 0.3) is 0 Å². The van der Waals surface area contributed by atoms with Gasteiger partial charge in [0.05, 0.1) is 18.5 Å². The number of unbranched alkanes of at least 4 members (excludes halogenated alkanes) is 1. The molecule has 9 heteroatoms. The van der Waals surface area contributed by atoms with Crippen molar-refractivity contribution in [1.82, 2.24) is 14.9 Å². The van der Waals surface area contributed by atoms with Crippen molar-refractivity contribution in [3.63, 3.8) is 0 Å². The SMILES string of the molecule is Br.CCCCOC(=O)N1CCc2c(oc3nc(N)nc(N)c23)C1. The first kappa shape index (κ1) is 17.3. The Morgan fingerprint density at radius 2 is 2.17 bits per heavy atom. The first-order valence-corrected chi connectivity index (χ1v) is 7.35. The van der Waals surface area contributed by atoms with Crippen LogP contribution < -0.4 is 11.5 Å². The number of halogens is 1. The van der Waals surface area contributed by atoms with Crippen LogP contribution in [0, 0.1) is 0 Å². The Hall–Kier alpha value is -2.03. The van der Waals surface area contributed by atoms with Gasteiger partial charge in [-0.15, -0.1) is 17.0 Å². The molecule has 0 bridgehead atoms. The van der Waals surface area contributed by atoms with Gasteiger partial charge in [-0.05, 0) is 12.8 Å². The zero-order valence-electron chi connectivity index (χ0n) is 12.9. The number of amides is 1. The number of ether oxygens (including phenoxy) is 1. The van der Waals surface area contributed by atoms with Crippen molar-refractivity contribution in [2.75, 3.05) is 24.6 Å². The predicted molar refractivity (Wildman–Crippen MR) is 91.3 cm³/mol. The van der Waals surface area contributed by atoms with Crippen molar-refractivity contribution in [3.8, 4) is 0 Å². The van der Waals surface area contributed by atoms with Gasteiger partial charge in [0.1, 0.15) is 11.6 Å². The third-order valence-electron chi connectivity index (χ3n) is 3.73. The standard InChI is InChI=1S/C14H19N5O3.BrH/c1-2-3-6-21-14(20)19-5-4-8-9(7-19)22-12-10(8)11(15)17-13(16)18-12;/h2-7H2,1H3,(H4,15,16,17,18);1H. The molecule has 0 aromatic carbocycles. The number of nitrogen functional groups attached to an aromatic ring is 2. The highest BCUT2D eigenvalue weighted by Gasteiger charge is 2.28. The van der Waals surface area contributed by atoms with E-state index in [2.05, 4.69) is 9.97 Å². The highest BCUT2D eigenvalue weighted by atomic mass is 79.9. The molecule has 1 aliphatic rings. The fourth-order valence-corrected chi connectivity index (χ4v) is 2.59. The van der Waals surface area contributed by atoms with Crippen LogP contribution >= 0.6 is 17.0 Å². The number of hydrogen-bond acceptors (Lipinski definition) is 7. The van der Waals surface area contributed by atoms with Crippen LogP contribution in [0.3, 0.4) is 0 Å². The summed E-state index contributed by atoms with van der Waals surface area (Å²) in [7, 11) is 0. The molecule has 0 saturated carbocycles. The first-order chi connectivity index (χ1) is 10.6. The van der Waals surface area contributed by atoms with Crippen LogP contribution in [-0.2, 0) is 17.7 Å². The minimum atomic E-state index is -0.321. The van der Waals surface area contributed by atoms with E-state index in [0.29, 0.717) is 48.8 Å².